The molecule has 2 N–H and O–H groups in total. The molecule has 5 nitrogen and oxygen atoms in total. The van der Waals surface area contributed by atoms with Gasteiger partial charge in [-0.2, -0.15) is 5.10 Å². The number of rotatable bonds is 4. The Morgan fingerprint density at radius 1 is 1.32 bits per heavy atom. The van der Waals surface area contributed by atoms with Crippen molar-refractivity contribution in [2.75, 3.05) is 13.1 Å². The van der Waals surface area contributed by atoms with Crippen molar-refractivity contribution in [3.63, 3.8) is 0 Å². The summed E-state index contributed by atoms with van der Waals surface area (Å²) in [5.41, 5.74) is -0.208. The minimum absolute atomic E-state index is 0.110. The highest BCUT2D eigenvalue weighted by Crippen LogP contribution is 2.27. The van der Waals surface area contributed by atoms with Crippen LogP contribution in [0.5, 0.6) is 0 Å². The van der Waals surface area contributed by atoms with Gasteiger partial charge in [-0.1, -0.05) is 18.2 Å². The van der Waals surface area contributed by atoms with E-state index < -0.39 is 5.54 Å². The molecule has 1 fully saturated rings. The van der Waals surface area contributed by atoms with E-state index >= 15 is 0 Å². The Balaban J connectivity index is 1.77. The van der Waals surface area contributed by atoms with Gasteiger partial charge in [-0.3, -0.25) is 9.48 Å². The van der Waals surface area contributed by atoms with Crippen LogP contribution in [-0.2, 0) is 16.9 Å². The van der Waals surface area contributed by atoms with Crippen LogP contribution in [0, 0.1) is 5.82 Å². The molecule has 0 saturated carbocycles. The van der Waals surface area contributed by atoms with E-state index in [9.17, 15) is 9.18 Å². The molecule has 1 saturated heterocycles. The molecule has 116 valence electrons. The maximum Gasteiger partial charge on any atom is 0.248 e. The quantitative estimate of drug-likeness (QED) is 0.898. The zero-order chi connectivity index (χ0) is 15.4. The van der Waals surface area contributed by atoms with Gasteiger partial charge in [-0.25, -0.2) is 4.39 Å². The topological polar surface area (TPSA) is 59.0 Å². The van der Waals surface area contributed by atoms with E-state index in [1.54, 1.807) is 29.1 Å². The molecule has 0 aliphatic carbocycles. The molecule has 2 heterocycles. The molecule has 6 heteroatoms. The van der Waals surface area contributed by atoms with Crippen LogP contribution in [0.4, 0.5) is 4.39 Å². The van der Waals surface area contributed by atoms with E-state index in [-0.39, 0.29) is 18.3 Å². The summed E-state index contributed by atoms with van der Waals surface area (Å²) in [6, 6.07) is 8.29. The molecule has 0 spiro atoms. The SMILES string of the molecule is O=C(NCc1ccccc1F)C1(n2cccn2)CCNCC1. The lowest BCUT2D eigenvalue weighted by Gasteiger charge is -2.36. The van der Waals surface area contributed by atoms with Crippen molar-refractivity contribution in [1.29, 1.82) is 0 Å². The Labute approximate surface area is 128 Å². The normalized spacial score (nSPS) is 17.1. The summed E-state index contributed by atoms with van der Waals surface area (Å²) >= 11 is 0. The molecule has 0 radical (unpaired) electrons. The second-order valence-corrected chi connectivity index (χ2v) is 5.51. The average molecular weight is 302 g/mol. The lowest BCUT2D eigenvalue weighted by atomic mass is 9.87. The summed E-state index contributed by atoms with van der Waals surface area (Å²) in [4.78, 5) is 12.8. The number of hydrogen-bond acceptors (Lipinski definition) is 3. The van der Waals surface area contributed by atoms with E-state index in [2.05, 4.69) is 15.7 Å². The van der Waals surface area contributed by atoms with E-state index in [0.29, 0.717) is 18.4 Å². The Kier molecular flexibility index (Phi) is 4.20. The highest BCUT2D eigenvalue weighted by molar-refractivity contribution is 5.84. The number of nitrogens with one attached hydrogen (secondary N) is 2. The summed E-state index contributed by atoms with van der Waals surface area (Å²) in [7, 11) is 0. The van der Waals surface area contributed by atoms with Crippen LogP contribution in [-0.4, -0.2) is 28.8 Å². The number of piperidine rings is 1. The molecule has 0 unspecified atom stereocenters. The number of carbonyl (C=O) groups excluding carboxylic acids is 1. The van der Waals surface area contributed by atoms with Crippen molar-refractivity contribution >= 4 is 5.91 Å². The van der Waals surface area contributed by atoms with Crippen molar-refractivity contribution in [3.8, 4) is 0 Å². The van der Waals surface area contributed by atoms with Crippen LogP contribution in [0.3, 0.4) is 0 Å². The highest BCUT2D eigenvalue weighted by Gasteiger charge is 2.41. The first-order valence-corrected chi connectivity index (χ1v) is 7.45. The highest BCUT2D eigenvalue weighted by atomic mass is 19.1. The van der Waals surface area contributed by atoms with Crippen LogP contribution in [0.2, 0.25) is 0 Å². The molecule has 3 rings (SSSR count). The van der Waals surface area contributed by atoms with Crippen LogP contribution in [0.1, 0.15) is 18.4 Å². The molecule has 2 aromatic rings. The second kappa shape index (κ2) is 6.27. The van der Waals surface area contributed by atoms with Gasteiger partial charge in [0.2, 0.25) is 5.91 Å². The first-order chi connectivity index (χ1) is 10.7. The molecule has 0 bridgehead atoms. The third-order valence-electron chi connectivity index (χ3n) is 4.19. The maximum atomic E-state index is 13.7. The molecule has 1 aliphatic heterocycles. The lowest BCUT2D eigenvalue weighted by Crippen LogP contribution is -2.54. The van der Waals surface area contributed by atoms with Gasteiger partial charge in [-0.15, -0.1) is 0 Å². The standard InChI is InChI=1S/C16H19FN4O/c17-14-5-2-1-4-13(14)12-19-15(22)16(6-9-18-10-7-16)21-11-3-8-20-21/h1-5,8,11,18H,6-7,9-10,12H2,(H,19,22). The lowest BCUT2D eigenvalue weighted by molar-refractivity contribution is -0.132. The summed E-state index contributed by atoms with van der Waals surface area (Å²) in [6.45, 7) is 1.70. The van der Waals surface area contributed by atoms with Crippen LogP contribution < -0.4 is 10.6 Å². The Morgan fingerprint density at radius 3 is 2.77 bits per heavy atom. The number of amides is 1. The molecule has 0 atom stereocenters. The Hall–Kier alpha value is -2.21. The summed E-state index contributed by atoms with van der Waals surface area (Å²) in [5, 5.41) is 10.4. The van der Waals surface area contributed by atoms with Crippen molar-refractivity contribution in [2.24, 2.45) is 0 Å². The predicted octanol–water partition coefficient (Wildman–Crippen LogP) is 1.42. The molecular formula is C16H19FN4O. The van der Waals surface area contributed by atoms with E-state index in [1.165, 1.54) is 6.07 Å². The number of hydrogen-bond donors (Lipinski definition) is 2. The van der Waals surface area contributed by atoms with Gasteiger partial charge in [0, 0.05) is 24.5 Å². The van der Waals surface area contributed by atoms with E-state index in [1.807, 2.05) is 12.3 Å². The summed E-state index contributed by atoms with van der Waals surface area (Å²) < 4.78 is 15.4. The number of aromatic nitrogens is 2. The van der Waals surface area contributed by atoms with Crippen molar-refractivity contribution in [3.05, 3.63) is 54.1 Å². The Morgan fingerprint density at radius 2 is 2.09 bits per heavy atom. The first kappa shape index (κ1) is 14.7. The third-order valence-corrected chi connectivity index (χ3v) is 4.19. The number of halogens is 1. The molecule has 1 aliphatic rings. The minimum Gasteiger partial charge on any atom is -0.350 e. The average Bonchev–Trinajstić information content (AvgIpc) is 3.09. The minimum atomic E-state index is -0.694. The number of carbonyl (C=O) groups is 1. The van der Waals surface area contributed by atoms with Crippen molar-refractivity contribution in [2.45, 2.75) is 24.9 Å². The summed E-state index contributed by atoms with van der Waals surface area (Å²) in [6.07, 6.45) is 4.82. The van der Waals surface area contributed by atoms with Crippen molar-refractivity contribution < 1.29 is 9.18 Å². The van der Waals surface area contributed by atoms with Crippen LogP contribution in [0.25, 0.3) is 0 Å². The molecule has 1 aromatic carbocycles. The van der Waals surface area contributed by atoms with E-state index in [4.69, 9.17) is 0 Å². The van der Waals surface area contributed by atoms with Gasteiger partial charge >= 0.3 is 0 Å². The smallest absolute Gasteiger partial charge is 0.248 e. The van der Waals surface area contributed by atoms with Crippen LogP contribution >= 0.6 is 0 Å². The molecular weight excluding hydrogens is 283 g/mol. The summed E-state index contributed by atoms with van der Waals surface area (Å²) in [5.74, 6) is -0.415. The second-order valence-electron chi connectivity index (χ2n) is 5.51. The predicted molar refractivity (Wildman–Crippen MR) is 80.6 cm³/mol. The van der Waals surface area contributed by atoms with E-state index in [0.717, 1.165) is 13.1 Å². The number of benzene rings is 1. The maximum absolute atomic E-state index is 13.7. The largest absolute Gasteiger partial charge is 0.350 e. The van der Waals surface area contributed by atoms with Gasteiger partial charge < -0.3 is 10.6 Å². The van der Waals surface area contributed by atoms with Gasteiger partial charge in [0.25, 0.3) is 0 Å². The fourth-order valence-corrected chi connectivity index (χ4v) is 2.90. The van der Waals surface area contributed by atoms with Gasteiger partial charge in [-0.05, 0) is 38.1 Å². The Bertz CT molecular complexity index is 635. The zero-order valence-electron chi connectivity index (χ0n) is 12.3. The van der Waals surface area contributed by atoms with Crippen molar-refractivity contribution in [1.82, 2.24) is 20.4 Å². The molecule has 1 aromatic heterocycles. The fourth-order valence-electron chi connectivity index (χ4n) is 2.90. The van der Waals surface area contributed by atoms with Gasteiger partial charge in [0.15, 0.2) is 0 Å². The first-order valence-electron chi connectivity index (χ1n) is 7.45. The zero-order valence-corrected chi connectivity index (χ0v) is 12.3. The fraction of sp³-hybridized carbons (Fsp3) is 0.375. The van der Waals surface area contributed by atoms with Gasteiger partial charge in [0.05, 0.1) is 0 Å². The van der Waals surface area contributed by atoms with Gasteiger partial charge in [0.1, 0.15) is 11.4 Å². The monoisotopic (exact) mass is 302 g/mol. The third kappa shape index (κ3) is 2.74. The molecule has 1 amide bonds. The number of nitrogens with zero attached hydrogens (tertiary/aromatic N) is 2. The molecule has 22 heavy (non-hydrogen) atoms. The van der Waals surface area contributed by atoms with Crippen LogP contribution in [0.15, 0.2) is 42.7 Å².